The van der Waals surface area contributed by atoms with Gasteiger partial charge in [0, 0.05) is 68.4 Å². The molecule has 0 spiro atoms. The lowest BCUT2D eigenvalue weighted by atomic mass is 9.89. The number of aryl methyl sites for hydroxylation is 2. The van der Waals surface area contributed by atoms with E-state index in [1.807, 2.05) is 47.9 Å². The van der Waals surface area contributed by atoms with Crippen molar-refractivity contribution in [2.45, 2.75) is 46.1 Å². The second-order valence-electron chi connectivity index (χ2n) is 13.7. The summed E-state index contributed by atoms with van der Waals surface area (Å²) >= 11 is 13.6. The monoisotopic (exact) mass is 799 g/mol. The number of aromatic nitrogens is 3. The van der Waals surface area contributed by atoms with E-state index in [2.05, 4.69) is 35.9 Å². The summed E-state index contributed by atoms with van der Waals surface area (Å²) in [6.07, 6.45) is 0.460. The standard InChI is InChI=1S/C43H34ClN5O5S2/c1-21-5-13-31-35(17-21)54-36-20-29(51)11-15-32(36)39(31)30-14-10-27(18-33(30)43(52)53)45-37(55)16-12-28(50)19-34-41-48-47-24(4)49(41)42-38(22(2)23(3)56-42)40(46-34)25-6-8-26(44)9-7-25/h5-11,13-15,17-18,20,34,51H,1,12,16,19H2,2-4H3,(H,45,55)(H,52,53)/t34-/m0/s1. The van der Waals surface area contributed by atoms with Crippen molar-refractivity contribution in [3.05, 3.63) is 144 Å². The number of ketones is 1. The molecule has 0 aliphatic carbocycles. The number of carbonyl (C=O) groups is 2. The summed E-state index contributed by atoms with van der Waals surface area (Å²) in [5.41, 5.74) is 6.00. The minimum Gasteiger partial charge on any atom is -0.508 e. The van der Waals surface area contributed by atoms with E-state index in [0.717, 1.165) is 37.5 Å². The molecule has 280 valence electrons. The Morgan fingerprint density at radius 2 is 1.73 bits per heavy atom. The highest BCUT2D eigenvalue weighted by Crippen LogP contribution is 2.41. The number of nitrogens with zero attached hydrogens (tertiary/aromatic N) is 4. The molecule has 6 aromatic rings. The van der Waals surface area contributed by atoms with Gasteiger partial charge in [-0.25, -0.2) is 4.79 Å². The largest absolute Gasteiger partial charge is 0.508 e. The third-order valence-corrected chi connectivity index (χ3v) is 11.7. The van der Waals surface area contributed by atoms with Crippen LogP contribution in [0.25, 0.3) is 17.2 Å². The van der Waals surface area contributed by atoms with Gasteiger partial charge in [0.2, 0.25) is 0 Å². The number of ether oxygens (including phenoxy) is 1. The van der Waals surface area contributed by atoms with Crippen molar-refractivity contribution in [1.29, 1.82) is 0 Å². The summed E-state index contributed by atoms with van der Waals surface area (Å²) in [5, 5.41) is 35.6. The van der Waals surface area contributed by atoms with Gasteiger partial charge in [0.25, 0.3) is 0 Å². The van der Waals surface area contributed by atoms with Crippen LogP contribution < -0.4 is 20.5 Å². The van der Waals surface area contributed by atoms with Crippen LogP contribution in [0, 0.1) is 20.8 Å². The highest BCUT2D eigenvalue weighted by molar-refractivity contribution is 7.80. The summed E-state index contributed by atoms with van der Waals surface area (Å²) in [5.74, 6) is 1.03. The van der Waals surface area contributed by atoms with E-state index in [9.17, 15) is 19.8 Å². The number of carbonyl (C=O) groups excluding carboxylic acids is 1. The topological polar surface area (TPSA) is 139 Å². The highest BCUT2D eigenvalue weighted by atomic mass is 35.5. The van der Waals surface area contributed by atoms with Gasteiger partial charge in [-0.2, -0.15) is 0 Å². The number of benzene rings is 4. The number of aromatic hydroxyl groups is 1. The average Bonchev–Trinajstić information content (AvgIpc) is 3.64. The molecule has 56 heavy (non-hydrogen) atoms. The van der Waals surface area contributed by atoms with Crippen LogP contribution in [0.3, 0.4) is 0 Å². The first-order valence-electron chi connectivity index (χ1n) is 17.8. The molecule has 10 nitrogen and oxygen atoms in total. The fraction of sp³-hybridized carbons (Fsp3) is 0.163. The van der Waals surface area contributed by atoms with E-state index in [1.54, 1.807) is 35.6 Å². The molecule has 13 heteroatoms. The van der Waals surface area contributed by atoms with Gasteiger partial charge in [0.05, 0.1) is 16.3 Å². The first-order valence-corrected chi connectivity index (χ1v) is 19.4. The molecule has 0 saturated carbocycles. The van der Waals surface area contributed by atoms with Gasteiger partial charge in [-0.05, 0) is 79.6 Å². The molecule has 1 atom stereocenters. The number of anilines is 1. The number of hydrogen-bond donors (Lipinski definition) is 3. The van der Waals surface area contributed by atoms with Crippen molar-refractivity contribution >= 4 is 75.4 Å². The molecule has 2 aliphatic rings. The lowest BCUT2D eigenvalue weighted by Gasteiger charge is -2.22. The second-order valence-corrected chi connectivity index (χ2v) is 15.9. The molecule has 4 heterocycles. The SMILES string of the molecule is C=c1ccc2c(c1)Oc1cc(O)ccc1C=2c1ccc(NC(=S)CCC(=O)C[C@@H]2N=C(c3ccc(Cl)cc3)c3c(sc(C)c3C)-n3c(C)nnc32)cc1C(=O)O. The number of Topliss-reactive ketones (excluding diaryl/α,β-unsaturated/α-hetero) is 1. The van der Waals surface area contributed by atoms with E-state index in [1.165, 1.54) is 18.2 Å². The maximum atomic E-state index is 13.7. The second kappa shape index (κ2) is 14.6. The molecular formula is C43H34ClN5O5S2. The Hall–Kier alpha value is -5.95. The van der Waals surface area contributed by atoms with Crippen molar-refractivity contribution in [1.82, 2.24) is 14.8 Å². The molecule has 0 saturated heterocycles. The predicted octanol–water partition coefficient (Wildman–Crippen LogP) is 8.15. The van der Waals surface area contributed by atoms with E-state index >= 15 is 0 Å². The molecule has 0 fully saturated rings. The smallest absolute Gasteiger partial charge is 0.336 e. The average molecular weight is 800 g/mol. The number of carboxylic acids is 1. The Balaban J connectivity index is 1.04. The zero-order chi connectivity index (χ0) is 39.4. The number of phenols is 1. The molecule has 0 unspecified atom stereocenters. The molecule has 3 N–H and O–H groups in total. The van der Waals surface area contributed by atoms with E-state index < -0.39 is 12.0 Å². The molecule has 0 bridgehead atoms. The van der Waals surface area contributed by atoms with Crippen LogP contribution in [0.5, 0.6) is 17.2 Å². The number of halogens is 1. The van der Waals surface area contributed by atoms with Crippen LogP contribution in [0.2, 0.25) is 5.02 Å². The number of thiocarbonyl (C=S) groups is 1. The zero-order valence-electron chi connectivity index (χ0n) is 30.5. The van der Waals surface area contributed by atoms with Crippen molar-refractivity contribution in [3.8, 4) is 22.2 Å². The van der Waals surface area contributed by atoms with Gasteiger partial charge in [0.15, 0.2) is 5.82 Å². The molecule has 2 aliphatic heterocycles. The molecule has 0 radical (unpaired) electrons. The van der Waals surface area contributed by atoms with Crippen LogP contribution in [0.4, 0.5) is 5.69 Å². The first-order chi connectivity index (χ1) is 26.9. The number of nitrogens with one attached hydrogen (secondary N) is 1. The number of hydrogen-bond acceptors (Lipinski definition) is 9. The zero-order valence-corrected chi connectivity index (χ0v) is 32.9. The molecule has 2 aromatic heterocycles. The van der Waals surface area contributed by atoms with Crippen molar-refractivity contribution in [2.75, 3.05) is 5.32 Å². The third-order valence-electron chi connectivity index (χ3n) is 9.98. The Kier molecular flexibility index (Phi) is 9.65. The normalized spacial score (nSPS) is 14.0. The van der Waals surface area contributed by atoms with Crippen LogP contribution in [0.1, 0.15) is 80.0 Å². The maximum absolute atomic E-state index is 13.7. The molecule has 8 rings (SSSR count). The minimum atomic E-state index is -1.14. The lowest BCUT2D eigenvalue weighted by molar-refractivity contribution is -0.119. The Bertz CT molecular complexity index is 2790. The number of aromatic carboxylic acids is 1. The number of aliphatic imine (C=N–C) groups is 1. The quantitative estimate of drug-likeness (QED) is 0.124. The first kappa shape index (κ1) is 37.0. The van der Waals surface area contributed by atoms with Gasteiger partial charge in [-0.3, -0.25) is 14.4 Å². The number of fused-ring (bicyclic) bond motifs is 5. The van der Waals surface area contributed by atoms with Gasteiger partial charge in [-0.1, -0.05) is 60.7 Å². The number of phenolic OH excluding ortho intramolecular Hbond substituents is 1. The summed E-state index contributed by atoms with van der Waals surface area (Å²) in [6, 6.07) is 22.1. The van der Waals surface area contributed by atoms with Gasteiger partial charge in [-0.15, -0.1) is 21.5 Å². The van der Waals surface area contributed by atoms with Crippen LogP contribution in [-0.4, -0.2) is 47.4 Å². The van der Waals surface area contributed by atoms with E-state index in [-0.39, 0.29) is 36.4 Å². The summed E-state index contributed by atoms with van der Waals surface area (Å²) in [4.78, 5) is 33.2. The molecule has 0 amide bonds. The van der Waals surface area contributed by atoms with Crippen molar-refractivity contribution in [3.63, 3.8) is 0 Å². The van der Waals surface area contributed by atoms with E-state index in [0.29, 0.717) is 60.8 Å². The van der Waals surface area contributed by atoms with Crippen LogP contribution >= 0.6 is 35.2 Å². The van der Waals surface area contributed by atoms with Crippen LogP contribution in [-0.2, 0) is 4.79 Å². The highest BCUT2D eigenvalue weighted by Gasteiger charge is 2.32. The predicted molar refractivity (Wildman–Crippen MR) is 223 cm³/mol. The third kappa shape index (κ3) is 6.80. The summed E-state index contributed by atoms with van der Waals surface area (Å²) in [6.45, 7) is 10.0. The van der Waals surface area contributed by atoms with Gasteiger partial charge >= 0.3 is 5.97 Å². The van der Waals surface area contributed by atoms with Gasteiger partial charge in [0.1, 0.15) is 39.9 Å². The Morgan fingerprint density at radius 1 is 0.964 bits per heavy atom. The van der Waals surface area contributed by atoms with Crippen LogP contribution in [0.15, 0.2) is 83.9 Å². The minimum absolute atomic E-state index is 0.0207. The number of carboxylic acid groups (broad SMARTS) is 1. The maximum Gasteiger partial charge on any atom is 0.336 e. The van der Waals surface area contributed by atoms with Crippen molar-refractivity contribution in [2.24, 2.45) is 4.99 Å². The molecular weight excluding hydrogens is 766 g/mol. The number of thiophene rings is 1. The molecule has 4 aromatic carbocycles. The van der Waals surface area contributed by atoms with E-state index in [4.69, 9.17) is 33.5 Å². The lowest BCUT2D eigenvalue weighted by Crippen LogP contribution is -2.21. The number of rotatable bonds is 9. The van der Waals surface area contributed by atoms with Crippen molar-refractivity contribution < 1.29 is 24.5 Å². The Morgan fingerprint density at radius 3 is 2.50 bits per heavy atom. The summed E-state index contributed by atoms with van der Waals surface area (Å²) < 4.78 is 8.10. The Labute approximate surface area is 336 Å². The fourth-order valence-corrected chi connectivity index (χ4v) is 8.72. The van der Waals surface area contributed by atoms with Gasteiger partial charge < -0.3 is 20.3 Å². The fourth-order valence-electron chi connectivity index (χ4n) is 7.16. The summed E-state index contributed by atoms with van der Waals surface area (Å²) in [7, 11) is 0.